The molecule has 0 aliphatic carbocycles. The van der Waals surface area contributed by atoms with Gasteiger partial charge in [-0.15, -0.1) is 0 Å². The van der Waals surface area contributed by atoms with Crippen LogP contribution in [0.4, 0.5) is 10.2 Å². The molecular formula is C16H13ClFN5O2. The molecule has 0 unspecified atom stereocenters. The third-order valence-electron chi connectivity index (χ3n) is 4.00. The molecule has 2 aromatic heterocycles. The average molecular weight is 362 g/mol. The Morgan fingerprint density at radius 1 is 1.20 bits per heavy atom. The van der Waals surface area contributed by atoms with Gasteiger partial charge in [0.05, 0.1) is 17.0 Å². The molecule has 3 heterocycles. The van der Waals surface area contributed by atoms with Gasteiger partial charge in [-0.3, -0.25) is 0 Å². The average Bonchev–Trinajstić information content (AvgIpc) is 3.26. The van der Waals surface area contributed by atoms with Crippen molar-refractivity contribution in [2.45, 2.75) is 18.4 Å². The summed E-state index contributed by atoms with van der Waals surface area (Å²) < 4.78 is 24.9. The first-order valence-corrected chi connectivity index (χ1v) is 7.98. The lowest BCUT2D eigenvalue weighted by Gasteiger charge is -2.15. The molecule has 1 fully saturated rings. The van der Waals surface area contributed by atoms with Crippen LogP contribution in [0.15, 0.2) is 35.0 Å². The summed E-state index contributed by atoms with van der Waals surface area (Å²) in [6, 6.07) is 6.17. The third kappa shape index (κ3) is 3.06. The monoisotopic (exact) mass is 361 g/mol. The molecule has 0 bridgehead atoms. The van der Waals surface area contributed by atoms with Crippen molar-refractivity contribution in [1.82, 2.24) is 20.1 Å². The SMILES string of the molecule is Nc1ccnc(-c2noc([C@@H]3CCO[C@H]3c3ccc(Cl)c(F)c3)n2)n1. The van der Waals surface area contributed by atoms with Crippen molar-refractivity contribution in [3.63, 3.8) is 0 Å². The fourth-order valence-electron chi connectivity index (χ4n) is 2.82. The van der Waals surface area contributed by atoms with E-state index >= 15 is 0 Å². The van der Waals surface area contributed by atoms with Crippen molar-refractivity contribution in [1.29, 1.82) is 0 Å². The number of anilines is 1. The van der Waals surface area contributed by atoms with E-state index in [1.54, 1.807) is 12.1 Å². The molecule has 1 aliphatic heterocycles. The Balaban J connectivity index is 1.63. The highest BCUT2D eigenvalue weighted by Crippen LogP contribution is 2.41. The van der Waals surface area contributed by atoms with E-state index < -0.39 is 5.82 Å². The molecule has 7 nitrogen and oxygen atoms in total. The highest BCUT2D eigenvalue weighted by molar-refractivity contribution is 6.30. The van der Waals surface area contributed by atoms with Crippen molar-refractivity contribution in [3.8, 4) is 11.6 Å². The summed E-state index contributed by atoms with van der Waals surface area (Å²) in [5, 5.41) is 3.98. The topological polar surface area (TPSA) is 100.0 Å². The summed E-state index contributed by atoms with van der Waals surface area (Å²) in [4.78, 5) is 12.5. The second kappa shape index (κ2) is 6.38. The summed E-state index contributed by atoms with van der Waals surface area (Å²) in [5.74, 6) is 0.544. The molecular weight excluding hydrogens is 349 g/mol. The molecule has 0 spiro atoms. The van der Waals surface area contributed by atoms with Gasteiger partial charge in [0.1, 0.15) is 11.6 Å². The number of benzene rings is 1. The predicted molar refractivity (Wildman–Crippen MR) is 87.2 cm³/mol. The lowest BCUT2D eigenvalue weighted by atomic mass is 9.95. The minimum atomic E-state index is -0.493. The first-order chi connectivity index (χ1) is 12.1. The Morgan fingerprint density at radius 3 is 2.88 bits per heavy atom. The van der Waals surface area contributed by atoms with Crippen LogP contribution in [0.5, 0.6) is 0 Å². The molecule has 128 valence electrons. The smallest absolute Gasteiger partial charge is 0.240 e. The van der Waals surface area contributed by atoms with E-state index in [1.807, 2.05) is 0 Å². The molecule has 1 aliphatic rings. The van der Waals surface area contributed by atoms with Crippen molar-refractivity contribution in [3.05, 3.63) is 52.8 Å². The Bertz CT molecular complexity index is 919. The number of hydrogen-bond donors (Lipinski definition) is 1. The zero-order chi connectivity index (χ0) is 17.4. The maximum Gasteiger partial charge on any atom is 0.240 e. The van der Waals surface area contributed by atoms with Crippen molar-refractivity contribution < 1.29 is 13.7 Å². The Kier molecular flexibility index (Phi) is 4.06. The molecule has 2 atom stereocenters. The molecule has 0 radical (unpaired) electrons. The molecule has 3 aromatic rings. The number of hydrogen-bond acceptors (Lipinski definition) is 7. The zero-order valence-electron chi connectivity index (χ0n) is 12.9. The second-order valence-corrected chi connectivity index (χ2v) is 6.03. The standard InChI is InChI=1S/C16H13ClFN5O2/c17-10-2-1-8(7-11(10)18)13-9(4-6-24-13)16-22-15(23-25-16)14-20-5-3-12(19)21-14/h1-3,5,7,9,13H,4,6H2,(H2,19,20,21)/t9-,13+/m1/s1. The van der Waals surface area contributed by atoms with E-state index in [9.17, 15) is 4.39 Å². The number of aromatic nitrogens is 4. The highest BCUT2D eigenvalue weighted by Gasteiger charge is 2.35. The van der Waals surface area contributed by atoms with Gasteiger partial charge in [-0.2, -0.15) is 4.98 Å². The van der Waals surface area contributed by atoms with Crippen LogP contribution < -0.4 is 5.73 Å². The summed E-state index contributed by atoms with van der Waals surface area (Å²) in [7, 11) is 0. The number of ether oxygens (including phenoxy) is 1. The second-order valence-electron chi connectivity index (χ2n) is 5.62. The maximum absolute atomic E-state index is 13.8. The minimum Gasteiger partial charge on any atom is -0.384 e. The lowest BCUT2D eigenvalue weighted by molar-refractivity contribution is 0.0984. The van der Waals surface area contributed by atoms with Gasteiger partial charge in [0.25, 0.3) is 0 Å². The van der Waals surface area contributed by atoms with Crippen LogP contribution in [0.1, 0.15) is 29.9 Å². The van der Waals surface area contributed by atoms with Crippen LogP contribution in [-0.2, 0) is 4.74 Å². The fourth-order valence-corrected chi connectivity index (χ4v) is 2.93. The van der Waals surface area contributed by atoms with Crippen LogP contribution in [0.3, 0.4) is 0 Å². The Hall–Kier alpha value is -2.58. The predicted octanol–water partition coefficient (Wildman–Crippen LogP) is 3.15. The number of nitrogen functional groups attached to an aromatic ring is 1. The summed E-state index contributed by atoms with van der Waals surface area (Å²) in [5.41, 5.74) is 6.32. The Morgan fingerprint density at radius 2 is 2.08 bits per heavy atom. The Labute approximate surface area is 147 Å². The maximum atomic E-state index is 13.8. The first kappa shape index (κ1) is 15.9. The van der Waals surface area contributed by atoms with Crippen molar-refractivity contribution >= 4 is 17.4 Å². The number of rotatable bonds is 3. The number of halogens is 2. The highest BCUT2D eigenvalue weighted by atomic mass is 35.5. The van der Waals surface area contributed by atoms with Gasteiger partial charge in [-0.25, -0.2) is 14.4 Å². The molecule has 25 heavy (non-hydrogen) atoms. The van der Waals surface area contributed by atoms with Gasteiger partial charge in [0, 0.05) is 12.8 Å². The van der Waals surface area contributed by atoms with Crippen LogP contribution in [0.2, 0.25) is 5.02 Å². The number of nitrogens with two attached hydrogens (primary N) is 1. The lowest BCUT2D eigenvalue weighted by Crippen LogP contribution is -2.07. The fraction of sp³-hybridized carbons (Fsp3) is 0.250. The third-order valence-corrected chi connectivity index (χ3v) is 4.31. The van der Waals surface area contributed by atoms with E-state index in [2.05, 4.69) is 20.1 Å². The van der Waals surface area contributed by atoms with Gasteiger partial charge < -0.3 is 15.0 Å². The number of nitrogens with zero attached hydrogens (tertiary/aromatic N) is 4. The first-order valence-electron chi connectivity index (χ1n) is 7.61. The summed E-state index contributed by atoms with van der Waals surface area (Å²) in [6.07, 6.45) is 1.81. The van der Waals surface area contributed by atoms with Gasteiger partial charge >= 0.3 is 0 Å². The molecule has 1 aromatic carbocycles. The van der Waals surface area contributed by atoms with E-state index in [-0.39, 0.29) is 28.7 Å². The van der Waals surface area contributed by atoms with Gasteiger partial charge in [0.2, 0.25) is 17.5 Å². The van der Waals surface area contributed by atoms with E-state index in [4.69, 9.17) is 26.6 Å². The minimum absolute atomic E-state index is 0.0668. The van der Waals surface area contributed by atoms with Crippen LogP contribution in [0, 0.1) is 5.82 Å². The van der Waals surface area contributed by atoms with Gasteiger partial charge in [-0.05, 0) is 30.2 Å². The van der Waals surface area contributed by atoms with Gasteiger partial charge in [-0.1, -0.05) is 22.8 Å². The molecule has 2 N–H and O–H groups in total. The summed E-state index contributed by atoms with van der Waals surface area (Å²) >= 11 is 5.74. The molecule has 4 rings (SSSR count). The largest absolute Gasteiger partial charge is 0.384 e. The van der Waals surface area contributed by atoms with E-state index in [0.717, 1.165) is 0 Å². The van der Waals surface area contributed by atoms with E-state index in [0.29, 0.717) is 30.3 Å². The van der Waals surface area contributed by atoms with Crippen LogP contribution in [0.25, 0.3) is 11.6 Å². The molecule has 0 amide bonds. The summed E-state index contributed by atoms with van der Waals surface area (Å²) in [6.45, 7) is 0.506. The normalized spacial score (nSPS) is 20.1. The van der Waals surface area contributed by atoms with E-state index in [1.165, 1.54) is 18.3 Å². The van der Waals surface area contributed by atoms with Crippen molar-refractivity contribution in [2.75, 3.05) is 12.3 Å². The van der Waals surface area contributed by atoms with Crippen molar-refractivity contribution in [2.24, 2.45) is 0 Å². The zero-order valence-corrected chi connectivity index (χ0v) is 13.7. The molecule has 0 saturated carbocycles. The quantitative estimate of drug-likeness (QED) is 0.764. The van der Waals surface area contributed by atoms with Gasteiger partial charge in [0.15, 0.2) is 0 Å². The van der Waals surface area contributed by atoms with Crippen LogP contribution in [-0.4, -0.2) is 26.7 Å². The molecule has 1 saturated heterocycles. The van der Waals surface area contributed by atoms with Crippen LogP contribution >= 0.6 is 11.6 Å². The molecule has 9 heteroatoms.